The van der Waals surface area contributed by atoms with Crippen LogP contribution in [-0.2, 0) is 16.0 Å². The fraction of sp³-hybridized carbons (Fsp3) is 0.414. The van der Waals surface area contributed by atoms with Gasteiger partial charge in [-0.15, -0.1) is 11.3 Å². The zero-order valence-corrected chi connectivity index (χ0v) is 23.5. The summed E-state index contributed by atoms with van der Waals surface area (Å²) in [6.07, 6.45) is 3.40. The molecule has 2 amide bonds. The second-order valence-electron chi connectivity index (χ2n) is 9.90. The molecule has 1 fully saturated rings. The van der Waals surface area contributed by atoms with E-state index in [1.165, 1.54) is 16.2 Å². The van der Waals surface area contributed by atoms with Crippen LogP contribution in [0.4, 0.5) is 0 Å². The van der Waals surface area contributed by atoms with Gasteiger partial charge in [0, 0.05) is 6.54 Å². The number of para-hydroxylation sites is 1. The largest absolute Gasteiger partial charge is 0.370 e. The maximum absolute atomic E-state index is 14.2. The second-order valence-corrected chi connectivity index (χ2v) is 10.9. The normalized spacial score (nSPS) is 16.7. The number of hydrogen-bond donors (Lipinski definition) is 4. The molecule has 10 nitrogen and oxygen atoms in total. The van der Waals surface area contributed by atoms with Gasteiger partial charge in [0.15, 0.2) is 11.0 Å². The first-order chi connectivity index (χ1) is 19.4. The molecular weight excluding hydrogens is 526 g/mol. The lowest BCUT2D eigenvalue weighted by atomic mass is 9.97. The molecule has 2 aromatic carbocycles. The number of carbonyl (C=O) groups excluding carboxylic acids is 3. The van der Waals surface area contributed by atoms with E-state index in [4.69, 9.17) is 11.5 Å². The molecule has 2 heterocycles. The van der Waals surface area contributed by atoms with Crippen molar-refractivity contribution in [3.05, 3.63) is 65.2 Å². The number of ketones is 1. The third kappa shape index (κ3) is 7.29. The lowest BCUT2D eigenvalue weighted by Crippen LogP contribution is -2.60. The molecule has 0 radical (unpaired) electrons. The maximum Gasteiger partial charge on any atom is 0.247 e. The molecule has 3 atom stereocenters. The predicted molar refractivity (Wildman–Crippen MR) is 158 cm³/mol. The summed E-state index contributed by atoms with van der Waals surface area (Å²) < 4.78 is 0.862. The van der Waals surface area contributed by atoms with Crippen molar-refractivity contribution in [2.45, 2.75) is 56.7 Å². The average Bonchev–Trinajstić information content (AvgIpc) is 3.42. The van der Waals surface area contributed by atoms with Crippen molar-refractivity contribution in [3.8, 4) is 0 Å². The minimum absolute atomic E-state index is 0.0532. The van der Waals surface area contributed by atoms with Crippen molar-refractivity contribution in [3.63, 3.8) is 0 Å². The van der Waals surface area contributed by atoms with Crippen LogP contribution in [0.1, 0.15) is 47.5 Å². The molecule has 11 heteroatoms. The van der Waals surface area contributed by atoms with Crippen LogP contribution in [0.2, 0.25) is 0 Å². The molecule has 1 unspecified atom stereocenters. The predicted octanol–water partition coefficient (Wildman–Crippen LogP) is 2.23. The third-order valence-electron chi connectivity index (χ3n) is 7.06. The number of piperidine rings is 1. The van der Waals surface area contributed by atoms with Gasteiger partial charge in [0.05, 0.1) is 22.3 Å². The number of amides is 2. The van der Waals surface area contributed by atoms with Gasteiger partial charge in [0.25, 0.3) is 0 Å². The Kier molecular flexibility index (Phi) is 10.3. The number of guanidine groups is 1. The number of rotatable bonds is 12. The van der Waals surface area contributed by atoms with E-state index < -0.39 is 24.0 Å². The van der Waals surface area contributed by atoms with E-state index in [2.05, 4.69) is 20.6 Å². The summed E-state index contributed by atoms with van der Waals surface area (Å²) in [5.74, 6) is -1.25. The number of aliphatic imine (C=N–C) groups is 1. The first-order valence-electron chi connectivity index (χ1n) is 13.7. The lowest BCUT2D eigenvalue weighted by Gasteiger charge is -2.35. The number of nitrogens with two attached hydrogens (primary N) is 2. The fourth-order valence-corrected chi connectivity index (χ4v) is 5.92. The monoisotopic (exact) mass is 563 g/mol. The summed E-state index contributed by atoms with van der Waals surface area (Å²) in [5, 5.41) is 6.60. The quantitative estimate of drug-likeness (QED) is 0.113. The number of thiazole rings is 1. The Bertz CT molecular complexity index is 1300. The van der Waals surface area contributed by atoms with Crippen molar-refractivity contribution in [1.82, 2.24) is 20.5 Å². The number of carbonyl (C=O) groups is 3. The van der Waals surface area contributed by atoms with Crippen LogP contribution in [0.25, 0.3) is 10.2 Å². The number of aromatic nitrogens is 1. The molecule has 212 valence electrons. The molecule has 0 spiro atoms. The van der Waals surface area contributed by atoms with E-state index in [1.54, 1.807) is 7.05 Å². The number of imide groups is 1. The van der Waals surface area contributed by atoms with E-state index >= 15 is 0 Å². The Morgan fingerprint density at radius 1 is 1.12 bits per heavy atom. The van der Waals surface area contributed by atoms with Gasteiger partial charge in [-0.25, -0.2) is 4.98 Å². The smallest absolute Gasteiger partial charge is 0.247 e. The van der Waals surface area contributed by atoms with Crippen LogP contribution in [-0.4, -0.2) is 71.7 Å². The van der Waals surface area contributed by atoms with Crippen LogP contribution >= 0.6 is 11.3 Å². The topological polar surface area (TPSA) is 156 Å². The number of fused-ring (bicyclic) bond motifs is 1. The second kappa shape index (κ2) is 14.1. The summed E-state index contributed by atoms with van der Waals surface area (Å²) in [4.78, 5) is 52.2. The maximum atomic E-state index is 14.2. The zero-order chi connectivity index (χ0) is 28.5. The fourth-order valence-electron chi connectivity index (χ4n) is 4.97. The SMILES string of the molecule is CN[C@H](Cc1ccccc1)C(=O)N(C(=O)[C@@H]1CCCCN1)C(CCCN=C(N)N)C(=O)c1nc2ccccc2s1. The summed E-state index contributed by atoms with van der Waals surface area (Å²) in [6, 6.07) is 14.8. The number of benzene rings is 2. The van der Waals surface area contributed by atoms with Gasteiger partial charge >= 0.3 is 0 Å². The van der Waals surface area contributed by atoms with Crippen LogP contribution in [0, 0.1) is 0 Å². The Morgan fingerprint density at radius 3 is 2.55 bits per heavy atom. The molecule has 1 aliphatic rings. The van der Waals surface area contributed by atoms with E-state index in [-0.39, 0.29) is 35.6 Å². The lowest BCUT2D eigenvalue weighted by molar-refractivity contribution is -0.150. The Hall–Kier alpha value is -3.67. The number of nitrogens with zero attached hydrogens (tertiary/aromatic N) is 3. The zero-order valence-electron chi connectivity index (χ0n) is 22.7. The van der Waals surface area contributed by atoms with Crippen molar-refractivity contribution < 1.29 is 14.4 Å². The van der Waals surface area contributed by atoms with E-state index in [9.17, 15) is 14.4 Å². The van der Waals surface area contributed by atoms with Gasteiger partial charge in [-0.3, -0.25) is 24.3 Å². The molecule has 0 bridgehead atoms. The van der Waals surface area contributed by atoms with Crippen LogP contribution in [0.15, 0.2) is 59.6 Å². The molecule has 3 aromatic rings. The highest BCUT2D eigenvalue weighted by Gasteiger charge is 2.41. The number of Topliss-reactive ketones (excluding diaryl/α,β-unsaturated/α-hetero) is 1. The first-order valence-corrected chi connectivity index (χ1v) is 14.5. The Labute approximate surface area is 238 Å². The first kappa shape index (κ1) is 29.3. The van der Waals surface area contributed by atoms with Crippen LogP contribution in [0.3, 0.4) is 0 Å². The number of nitrogens with one attached hydrogen (secondary N) is 2. The Balaban J connectivity index is 1.72. The van der Waals surface area contributed by atoms with E-state index in [0.717, 1.165) is 23.1 Å². The molecule has 40 heavy (non-hydrogen) atoms. The van der Waals surface area contributed by atoms with Gasteiger partial charge in [0.2, 0.25) is 17.6 Å². The van der Waals surface area contributed by atoms with Gasteiger partial charge < -0.3 is 22.1 Å². The highest BCUT2D eigenvalue weighted by Crippen LogP contribution is 2.26. The minimum Gasteiger partial charge on any atom is -0.370 e. The average molecular weight is 564 g/mol. The molecule has 1 aromatic heterocycles. The summed E-state index contributed by atoms with van der Waals surface area (Å²) in [7, 11) is 1.69. The minimum atomic E-state index is -1.05. The summed E-state index contributed by atoms with van der Waals surface area (Å²) >= 11 is 1.26. The van der Waals surface area contributed by atoms with Gasteiger partial charge in [-0.2, -0.15) is 0 Å². The van der Waals surface area contributed by atoms with Crippen molar-refractivity contribution in [2.75, 3.05) is 20.1 Å². The van der Waals surface area contributed by atoms with Crippen molar-refractivity contribution in [2.24, 2.45) is 16.5 Å². The molecule has 0 saturated carbocycles. The van der Waals surface area contributed by atoms with Crippen LogP contribution in [0.5, 0.6) is 0 Å². The summed E-state index contributed by atoms with van der Waals surface area (Å²) in [6.45, 7) is 0.947. The molecule has 4 rings (SSSR count). The number of likely N-dealkylation sites (N-methyl/N-ethyl adjacent to an activating group) is 1. The highest BCUT2D eigenvalue weighted by atomic mass is 32.1. The molecule has 1 saturated heterocycles. The highest BCUT2D eigenvalue weighted by molar-refractivity contribution is 7.20. The van der Waals surface area contributed by atoms with Crippen molar-refractivity contribution in [1.29, 1.82) is 0 Å². The summed E-state index contributed by atoms with van der Waals surface area (Å²) in [5.41, 5.74) is 12.7. The van der Waals surface area contributed by atoms with Crippen molar-refractivity contribution >= 4 is 45.1 Å². The standard InChI is InChI=1S/C29H37N7O3S/c1-32-22(18-19-10-3-2-4-11-19)28(39)36(27(38)21-13-7-8-16-33-21)23(14-9-17-34-29(30)31)25(37)26-35-20-12-5-6-15-24(20)40-26/h2-6,10-12,15,21-23,32-33H,7-9,13-14,16-18H2,1H3,(H4,30,31,34)/t21-,22+,23?/m0/s1. The van der Waals surface area contributed by atoms with Crippen LogP contribution < -0.4 is 22.1 Å². The molecule has 1 aliphatic heterocycles. The van der Waals surface area contributed by atoms with E-state index in [1.807, 2.05) is 54.6 Å². The van der Waals surface area contributed by atoms with E-state index in [0.29, 0.717) is 31.3 Å². The molecule has 0 aliphatic carbocycles. The molecule has 6 N–H and O–H groups in total. The third-order valence-corrected chi connectivity index (χ3v) is 8.11. The number of hydrogen-bond acceptors (Lipinski definition) is 8. The molecular formula is C29H37N7O3S. The Morgan fingerprint density at radius 2 is 1.88 bits per heavy atom. The van der Waals surface area contributed by atoms with Gasteiger partial charge in [-0.05, 0) is 63.4 Å². The van der Waals surface area contributed by atoms with Gasteiger partial charge in [0.1, 0.15) is 6.04 Å². The van der Waals surface area contributed by atoms with Gasteiger partial charge in [-0.1, -0.05) is 48.9 Å².